The second kappa shape index (κ2) is 10.2. The number of nitrogens with zero attached hydrogens (tertiary/aromatic N) is 4. The first-order chi connectivity index (χ1) is 19.8. The summed E-state index contributed by atoms with van der Waals surface area (Å²) in [6, 6.07) is 24.1. The highest BCUT2D eigenvalue weighted by Crippen LogP contribution is 2.54. The Morgan fingerprint density at radius 1 is 0.714 bits per heavy atom. The van der Waals surface area contributed by atoms with Gasteiger partial charge >= 0.3 is 0 Å². The molecular weight excluding hydrogens is 540 g/mol. The Labute approximate surface area is 240 Å². The quantitative estimate of drug-likeness (QED) is 0.177. The summed E-state index contributed by atoms with van der Waals surface area (Å²) in [7, 11) is 0. The maximum Gasteiger partial charge on any atom is 0.280 e. The molecule has 1 aliphatic heterocycles. The minimum Gasteiger partial charge on any atom is -0.302 e. The Hall–Kier alpha value is -5.45. The number of nitro groups is 3. The fourth-order valence-corrected chi connectivity index (χ4v) is 6.18. The summed E-state index contributed by atoms with van der Waals surface area (Å²) in [4.78, 5) is 49.5. The molecule has 0 unspecified atom stereocenters. The summed E-state index contributed by atoms with van der Waals surface area (Å²) >= 11 is 0. The molecule has 0 saturated carbocycles. The van der Waals surface area contributed by atoms with Crippen LogP contribution in [0, 0.1) is 30.3 Å². The molecule has 11 nitrogen and oxygen atoms in total. The average molecular weight is 567 g/mol. The van der Waals surface area contributed by atoms with Gasteiger partial charge in [-0.3, -0.25) is 35.1 Å². The number of nitro benzene ring substituents is 3. The van der Waals surface area contributed by atoms with Crippen molar-refractivity contribution in [1.29, 1.82) is 0 Å². The number of amides is 1. The number of carbonyl (C=O) groups is 1. The fraction of sp³-hybridized carbons (Fsp3) is 0.194. The topological polar surface area (TPSA) is 150 Å². The molecule has 212 valence electrons. The van der Waals surface area contributed by atoms with E-state index >= 15 is 0 Å². The highest BCUT2D eigenvalue weighted by atomic mass is 16.6. The lowest BCUT2D eigenvalue weighted by Crippen LogP contribution is -2.56. The first-order valence-corrected chi connectivity index (χ1v) is 13.1. The second-order valence-corrected chi connectivity index (χ2v) is 11.0. The van der Waals surface area contributed by atoms with Crippen LogP contribution in [0.25, 0.3) is 11.1 Å². The SMILES string of the molecule is CC1(C)C[C@](C)(c2ccc([N+](=O)[O-])cc2[N+](=O)[O-])c2cc([N+](=O)[O-])ccc2N1C(=O)c1ccccc1-c1ccccc1. The van der Waals surface area contributed by atoms with Crippen molar-refractivity contribution in [2.24, 2.45) is 0 Å². The van der Waals surface area contributed by atoms with E-state index < -0.39 is 37.1 Å². The number of non-ortho nitro benzene ring substituents is 2. The standard InChI is InChI=1S/C31H26N4O7/c1-30(2)19-31(3,25-15-13-22(34(39)40)18-28(25)35(41)42)26-17-21(33(37)38)14-16-27(26)32(30)29(36)24-12-8-7-11-23(24)20-9-5-4-6-10-20/h4-18H,19H2,1-3H3/t31-/m1/s1. The molecule has 5 rings (SSSR count). The molecular formula is C31H26N4O7. The van der Waals surface area contributed by atoms with Gasteiger partial charge in [0.1, 0.15) is 0 Å². The van der Waals surface area contributed by atoms with E-state index in [4.69, 9.17) is 0 Å². The molecule has 0 N–H and O–H groups in total. The van der Waals surface area contributed by atoms with Crippen molar-refractivity contribution in [3.63, 3.8) is 0 Å². The Morgan fingerprint density at radius 2 is 1.31 bits per heavy atom. The molecule has 0 aliphatic carbocycles. The van der Waals surface area contributed by atoms with E-state index in [1.807, 2.05) is 56.3 Å². The molecule has 0 radical (unpaired) electrons. The molecule has 1 heterocycles. The molecule has 1 aliphatic rings. The first-order valence-electron chi connectivity index (χ1n) is 13.1. The van der Waals surface area contributed by atoms with Crippen molar-refractivity contribution in [1.82, 2.24) is 0 Å². The average Bonchev–Trinajstić information content (AvgIpc) is 2.96. The van der Waals surface area contributed by atoms with Crippen LogP contribution < -0.4 is 4.90 Å². The second-order valence-electron chi connectivity index (χ2n) is 11.0. The summed E-state index contributed by atoms with van der Waals surface area (Å²) < 4.78 is 0. The number of hydrogen-bond donors (Lipinski definition) is 0. The lowest BCUT2D eigenvalue weighted by Gasteiger charge is -2.51. The third-order valence-electron chi connectivity index (χ3n) is 7.85. The molecule has 0 aromatic heterocycles. The molecule has 0 bridgehead atoms. The van der Waals surface area contributed by atoms with Gasteiger partial charge in [0.05, 0.1) is 20.8 Å². The molecule has 0 saturated heterocycles. The minimum atomic E-state index is -1.22. The maximum atomic E-state index is 14.4. The monoisotopic (exact) mass is 566 g/mol. The predicted molar refractivity (Wildman–Crippen MR) is 157 cm³/mol. The third kappa shape index (κ3) is 4.64. The van der Waals surface area contributed by atoms with Crippen LogP contribution in [0.2, 0.25) is 0 Å². The molecule has 1 amide bonds. The van der Waals surface area contributed by atoms with Gasteiger partial charge in [0.25, 0.3) is 23.0 Å². The summed E-state index contributed by atoms with van der Waals surface area (Å²) in [6.07, 6.45) is 0.131. The zero-order chi connectivity index (χ0) is 30.4. The first kappa shape index (κ1) is 28.1. The normalized spacial score (nSPS) is 17.3. The number of anilines is 1. The molecule has 0 spiro atoms. The molecule has 1 atom stereocenters. The number of fused-ring (bicyclic) bond motifs is 1. The van der Waals surface area contributed by atoms with E-state index in [1.54, 1.807) is 24.0 Å². The van der Waals surface area contributed by atoms with E-state index in [0.29, 0.717) is 22.4 Å². The largest absolute Gasteiger partial charge is 0.302 e. The number of rotatable bonds is 6. The van der Waals surface area contributed by atoms with Gasteiger partial charge in [-0.25, -0.2) is 0 Å². The molecule has 0 fully saturated rings. The lowest BCUT2D eigenvalue weighted by atomic mass is 9.64. The number of benzene rings is 4. The van der Waals surface area contributed by atoms with Crippen LogP contribution in [0.5, 0.6) is 0 Å². The zero-order valence-electron chi connectivity index (χ0n) is 23.0. The van der Waals surface area contributed by atoms with E-state index in [9.17, 15) is 35.1 Å². The number of carbonyl (C=O) groups excluding carboxylic acids is 1. The third-order valence-corrected chi connectivity index (χ3v) is 7.85. The fourth-order valence-electron chi connectivity index (χ4n) is 6.18. The van der Waals surface area contributed by atoms with Crippen molar-refractivity contribution < 1.29 is 19.6 Å². The van der Waals surface area contributed by atoms with Gasteiger partial charge in [0.2, 0.25) is 0 Å². The summed E-state index contributed by atoms with van der Waals surface area (Å²) in [5.74, 6) is -0.338. The van der Waals surface area contributed by atoms with Gasteiger partial charge in [0.15, 0.2) is 0 Å². The minimum absolute atomic E-state index is 0.131. The smallest absolute Gasteiger partial charge is 0.280 e. The Kier molecular flexibility index (Phi) is 6.81. The molecule has 4 aromatic carbocycles. The van der Waals surface area contributed by atoms with Gasteiger partial charge in [-0.1, -0.05) is 55.5 Å². The van der Waals surface area contributed by atoms with Gasteiger partial charge in [-0.05, 0) is 55.2 Å². The van der Waals surface area contributed by atoms with Crippen molar-refractivity contribution in [3.8, 4) is 11.1 Å². The van der Waals surface area contributed by atoms with E-state index in [2.05, 4.69) is 0 Å². The predicted octanol–water partition coefficient (Wildman–Crippen LogP) is 7.21. The number of hydrogen-bond acceptors (Lipinski definition) is 7. The van der Waals surface area contributed by atoms with Gasteiger partial charge in [-0.2, -0.15) is 0 Å². The van der Waals surface area contributed by atoms with Gasteiger partial charge < -0.3 is 4.90 Å². The summed E-state index contributed by atoms with van der Waals surface area (Å²) in [5, 5.41) is 35.4. The highest BCUT2D eigenvalue weighted by Gasteiger charge is 2.51. The zero-order valence-corrected chi connectivity index (χ0v) is 23.0. The van der Waals surface area contributed by atoms with E-state index in [-0.39, 0.29) is 23.6 Å². The van der Waals surface area contributed by atoms with E-state index in [1.165, 1.54) is 30.3 Å². The van der Waals surface area contributed by atoms with Crippen LogP contribution in [0.3, 0.4) is 0 Å². The van der Waals surface area contributed by atoms with Gasteiger partial charge in [0, 0.05) is 46.0 Å². The van der Waals surface area contributed by atoms with Crippen LogP contribution in [0.15, 0.2) is 91.0 Å². The van der Waals surface area contributed by atoms with Crippen molar-refractivity contribution >= 4 is 28.7 Å². The molecule has 11 heteroatoms. The summed E-state index contributed by atoms with van der Waals surface area (Å²) in [6.45, 7) is 5.37. The van der Waals surface area contributed by atoms with Crippen LogP contribution in [-0.2, 0) is 5.41 Å². The van der Waals surface area contributed by atoms with Crippen LogP contribution in [0.4, 0.5) is 22.7 Å². The Morgan fingerprint density at radius 3 is 1.95 bits per heavy atom. The van der Waals surface area contributed by atoms with Crippen LogP contribution in [-0.4, -0.2) is 26.2 Å². The Bertz CT molecular complexity index is 1770. The van der Waals surface area contributed by atoms with Crippen molar-refractivity contribution in [2.75, 3.05) is 4.90 Å². The summed E-state index contributed by atoms with van der Waals surface area (Å²) in [5.41, 5.74) is -0.525. The highest BCUT2D eigenvalue weighted by molar-refractivity contribution is 6.12. The van der Waals surface area contributed by atoms with E-state index in [0.717, 1.165) is 11.6 Å². The van der Waals surface area contributed by atoms with Crippen LogP contribution in [0.1, 0.15) is 48.7 Å². The maximum absolute atomic E-state index is 14.4. The molecule has 42 heavy (non-hydrogen) atoms. The van der Waals surface area contributed by atoms with Crippen molar-refractivity contribution in [2.45, 2.75) is 38.1 Å². The van der Waals surface area contributed by atoms with Gasteiger partial charge in [-0.15, -0.1) is 0 Å². The lowest BCUT2D eigenvalue weighted by molar-refractivity contribution is -0.394. The Balaban J connectivity index is 1.76. The molecule has 4 aromatic rings. The van der Waals surface area contributed by atoms with Crippen LogP contribution >= 0.6 is 0 Å². The van der Waals surface area contributed by atoms with Crippen molar-refractivity contribution in [3.05, 3.63) is 138 Å².